The number of carboxylic acid groups (broad SMARTS) is 1. The van der Waals surface area contributed by atoms with Crippen molar-refractivity contribution in [1.29, 1.82) is 0 Å². The third-order valence-corrected chi connectivity index (χ3v) is 3.78. The van der Waals surface area contributed by atoms with Crippen LogP contribution in [0.3, 0.4) is 0 Å². The van der Waals surface area contributed by atoms with Crippen molar-refractivity contribution in [3.8, 4) is 0 Å². The average molecular weight is 295 g/mol. The lowest BCUT2D eigenvalue weighted by molar-refractivity contribution is -0.147. The molecule has 1 aliphatic rings. The van der Waals surface area contributed by atoms with E-state index in [1.165, 1.54) is 6.42 Å². The van der Waals surface area contributed by atoms with E-state index in [4.69, 9.17) is 14.6 Å². The largest absolute Gasteiger partial charge is 0.479 e. The number of aliphatic hydroxyl groups is 1. The molecule has 0 spiro atoms. The van der Waals surface area contributed by atoms with Gasteiger partial charge >= 0.3 is 5.97 Å². The van der Waals surface area contributed by atoms with Gasteiger partial charge in [-0.1, -0.05) is 6.92 Å². The summed E-state index contributed by atoms with van der Waals surface area (Å²) in [5.74, 6) is 1.57. The van der Waals surface area contributed by atoms with E-state index >= 15 is 0 Å². The molecular formula is C15H21NO5. The van der Waals surface area contributed by atoms with Crippen LogP contribution in [0.2, 0.25) is 0 Å². The summed E-state index contributed by atoms with van der Waals surface area (Å²) in [5, 5.41) is 20.1. The maximum Gasteiger partial charge on any atom is 0.332 e. The molecule has 6 heteroatoms. The molecule has 1 amide bonds. The quantitative estimate of drug-likeness (QED) is 0.671. The highest BCUT2D eigenvalue weighted by Crippen LogP contribution is 2.47. The highest BCUT2D eigenvalue weighted by Gasteiger charge is 2.36. The number of carbonyl (C=O) groups excluding carboxylic acids is 1. The zero-order valence-corrected chi connectivity index (χ0v) is 12.0. The molecule has 0 radical (unpaired) electrons. The normalized spacial score (nSPS) is 21.8. The molecule has 3 N–H and O–H groups in total. The van der Waals surface area contributed by atoms with Gasteiger partial charge in [0.2, 0.25) is 5.91 Å². The molecule has 6 nitrogen and oxygen atoms in total. The molecule has 3 atom stereocenters. The van der Waals surface area contributed by atoms with Gasteiger partial charge in [0.25, 0.3) is 0 Å². The van der Waals surface area contributed by atoms with Crippen molar-refractivity contribution >= 4 is 11.9 Å². The zero-order chi connectivity index (χ0) is 15.4. The summed E-state index contributed by atoms with van der Waals surface area (Å²) in [6.07, 6.45) is 0.550. The van der Waals surface area contributed by atoms with Gasteiger partial charge in [-0.25, -0.2) is 4.79 Å². The van der Waals surface area contributed by atoms with Gasteiger partial charge in [0, 0.05) is 31.7 Å². The average Bonchev–Trinajstić information content (AvgIpc) is 2.99. The van der Waals surface area contributed by atoms with Crippen LogP contribution in [0.25, 0.3) is 0 Å². The van der Waals surface area contributed by atoms with Crippen LogP contribution in [0.5, 0.6) is 0 Å². The van der Waals surface area contributed by atoms with Crippen LogP contribution in [0.1, 0.15) is 43.6 Å². The lowest BCUT2D eigenvalue weighted by atomic mass is 10.2. The van der Waals surface area contributed by atoms with E-state index < -0.39 is 12.1 Å². The number of amides is 1. The molecule has 2 rings (SSSR count). The van der Waals surface area contributed by atoms with Gasteiger partial charge in [-0.2, -0.15) is 0 Å². The minimum absolute atomic E-state index is 0.00550. The highest BCUT2D eigenvalue weighted by molar-refractivity contribution is 5.76. The maximum atomic E-state index is 11.6. The molecule has 1 fully saturated rings. The molecule has 3 unspecified atom stereocenters. The molecule has 1 heterocycles. The summed E-state index contributed by atoms with van der Waals surface area (Å²) < 4.78 is 5.70. The van der Waals surface area contributed by atoms with E-state index in [2.05, 4.69) is 12.2 Å². The van der Waals surface area contributed by atoms with Crippen molar-refractivity contribution in [3.63, 3.8) is 0 Å². The topological polar surface area (TPSA) is 99.8 Å². The van der Waals surface area contributed by atoms with Crippen LogP contribution in [-0.2, 0) is 16.0 Å². The number of aliphatic carboxylic acids is 1. The van der Waals surface area contributed by atoms with Crippen molar-refractivity contribution in [2.24, 2.45) is 5.92 Å². The van der Waals surface area contributed by atoms with Crippen molar-refractivity contribution in [2.45, 2.75) is 44.6 Å². The number of nitrogens with one attached hydrogen (secondary N) is 1. The van der Waals surface area contributed by atoms with E-state index in [9.17, 15) is 9.59 Å². The van der Waals surface area contributed by atoms with E-state index in [0.717, 1.165) is 11.5 Å². The Morgan fingerprint density at radius 2 is 2.19 bits per heavy atom. The Morgan fingerprint density at radius 3 is 2.81 bits per heavy atom. The fourth-order valence-corrected chi connectivity index (χ4v) is 2.24. The van der Waals surface area contributed by atoms with Crippen molar-refractivity contribution in [2.75, 3.05) is 6.54 Å². The molecule has 21 heavy (non-hydrogen) atoms. The summed E-state index contributed by atoms with van der Waals surface area (Å²) in [6.45, 7) is 2.33. The second-order valence-electron chi connectivity index (χ2n) is 5.62. The fraction of sp³-hybridized carbons (Fsp3) is 0.600. The molecule has 116 valence electrons. The summed E-state index contributed by atoms with van der Waals surface area (Å²) in [5.41, 5.74) is 0. The summed E-state index contributed by atoms with van der Waals surface area (Å²) >= 11 is 0. The molecular weight excluding hydrogens is 274 g/mol. The Morgan fingerprint density at radius 1 is 1.48 bits per heavy atom. The smallest absolute Gasteiger partial charge is 0.332 e. The molecule has 1 aliphatic carbocycles. The Bertz CT molecular complexity index is 510. The van der Waals surface area contributed by atoms with Crippen LogP contribution < -0.4 is 5.32 Å². The molecule has 1 saturated carbocycles. The fourth-order valence-electron chi connectivity index (χ4n) is 2.24. The standard InChI is InChI=1S/C15H21NO5/c1-9-8-11(9)13-4-2-10(21-13)3-5-14(18)16-7-6-12(17)15(19)20/h2,4,9,11-12,17H,3,5-8H2,1H3,(H,16,18)(H,19,20). The lowest BCUT2D eigenvalue weighted by Crippen LogP contribution is -2.30. The number of carbonyl (C=O) groups is 2. The Kier molecular flexibility index (Phi) is 5.01. The van der Waals surface area contributed by atoms with Gasteiger partial charge in [-0.3, -0.25) is 4.79 Å². The molecule has 0 bridgehead atoms. The number of furan rings is 1. The summed E-state index contributed by atoms with van der Waals surface area (Å²) in [4.78, 5) is 22.0. The number of hydrogen-bond donors (Lipinski definition) is 3. The SMILES string of the molecule is CC1CC1c1ccc(CCC(=O)NCCC(O)C(=O)O)o1. The predicted molar refractivity (Wildman–Crippen MR) is 74.8 cm³/mol. The van der Waals surface area contributed by atoms with E-state index in [1.54, 1.807) is 0 Å². The minimum atomic E-state index is -1.43. The van der Waals surface area contributed by atoms with Gasteiger partial charge in [-0.05, 0) is 24.5 Å². The number of aliphatic hydroxyl groups excluding tert-OH is 1. The molecule has 1 aromatic heterocycles. The first-order valence-electron chi connectivity index (χ1n) is 7.23. The monoisotopic (exact) mass is 295 g/mol. The van der Waals surface area contributed by atoms with Gasteiger partial charge in [0.05, 0.1) is 0 Å². The van der Waals surface area contributed by atoms with Crippen molar-refractivity contribution in [1.82, 2.24) is 5.32 Å². The van der Waals surface area contributed by atoms with Crippen LogP contribution in [0, 0.1) is 5.92 Å². The first-order chi connectivity index (χ1) is 9.97. The first kappa shape index (κ1) is 15.6. The van der Waals surface area contributed by atoms with E-state index in [-0.39, 0.29) is 25.3 Å². The first-order valence-corrected chi connectivity index (χ1v) is 7.23. The molecule has 0 saturated heterocycles. The number of carboxylic acids is 1. The van der Waals surface area contributed by atoms with Crippen LogP contribution in [0.4, 0.5) is 0 Å². The van der Waals surface area contributed by atoms with Crippen molar-refractivity contribution < 1.29 is 24.2 Å². The van der Waals surface area contributed by atoms with Crippen molar-refractivity contribution in [3.05, 3.63) is 23.7 Å². The van der Waals surface area contributed by atoms with Crippen LogP contribution >= 0.6 is 0 Å². The molecule has 0 aromatic carbocycles. The highest BCUT2D eigenvalue weighted by atomic mass is 16.4. The van der Waals surface area contributed by atoms with E-state index in [1.807, 2.05) is 12.1 Å². The van der Waals surface area contributed by atoms with Gasteiger partial charge in [0.1, 0.15) is 11.5 Å². The van der Waals surface area contributed by atoms with Gasteiger partial charge < -0.3 is 19.9 Å². The zero-order valence-electron chi connectivity index (χ0n) is 12.0. The van der Waals surface area contributed by atoms with Gasteiger partial charge in [0.15, 0.2) is 6.10 Å². The Labute approximate surface area is 123 Å². The maximum absolute atomic E-state index is 11.6. The Balaban J connectivity index is 1.64. The predicted octanol–water partition coefficient (Wildman–Crippen LogP) is 1.29. The van der Waals surface area contributed by atoms with E-state index in [0.29, 0.717) is 18.3 Å². The minimum Gasteiger partial charge on any atom is -0.479 e. The lowest BCUT2D eigenvalue weighted by Gasteiger charge is -2.06. The third-order valence-electron chi connectivity index (χ3n) is 3.78. The second kappa shape index (κ2) is 6.76. The van der Waals surface area contributed by atoms with Gasteiger partial charge in [-0.15, -0.1) is 0 Å². The van der Waals surface area contributed by atoms with Crippen LogP contribution in [0.15, 0.2) is 16.5 Å². The Hall–Kier alpha value is -1.82. The third kappa shape index (κ3) is 4.60. The number of rotatable bonds is 8. The molecule has 1 aromatic rings. The summed E-state index contributed by atoms with van der Waals surface area (Å²) in [7, 11) is 0. The summed E-state index contributed by atoms with van der Waals surface area (Å²) in [6, 6.07) is 3.88. The van der Waals surface area contributed by atoms with Crippen LogP contribution in [-0.4, -0.2) is 34.7 Å². The number of aryl methyl sites for hydroxylation is 1. The molecule has 0 aliphatic heterocycles. The second-order valence-corrected chi connectivity index (χ2v) is 5.62. The number of hydrogen-bond acceptors (Lipinski definition) is 4.